The van der Waals surface area contributed by atoms with E-state index in [-0.39, 0.29) is 17.2 Å². The third-order valence-electron chi connectivity index (χ3n) is 4.74. The van der Waals surface area contributed by atoms with Crippen LogP contribution < -0.4 is 10.9 Å². The number of rotatable bonds is 6. The Morgan fingerprint density at radius 1 is 1.32 bits per heavy atom. The number of nitrogens with zero attached hydrogens (tertiary/aromatic N) is 3. The molecule has 1 aliphatic carbocycles. The Morgan fingerprint density at radius 3 is 2.89 bits per heavy atom. The van der Waals surface area contributed by atoms with E-state index in [1.165, 1.54) is 28.0 Å². The fourth-order valence-corrected chi connectivity index (χ4v) is 6.18. The summed E-state index contributed by atoms with van der Waals surface area (Å²) >= 11 is 4.33. The van der Waals surface area contributed by atoms with Crippen LogP contribution in [0.25, 0.3) is 10.2 Å². The lowest BCUT2D eigenvalue weighted by Gasteiger charge is -2.10. The maximum atomic E-state index is 12.9. The van der Waals surface area contributed by atoms with Crippen molar-refractivity contribution >= 4 is 55.7 Å². The fraction of sp³-hybridized carbons (Fsp3) is 0.368. The molecule has 0 aromatic carbocycles. The molecule has 3 aromatic rings. The van der Waals surface area contributed by atoms with Crippen molar-refractivity contribution in [1.29, 1.82) is 0 Å². The molecule has 0 bridgehead atoms. The van der Waals surface area contributed by atoms with Crippen LogP contribution in [0.4, 0.5) is 5.13 Å². The van der Waals surface area contributed by atoms with Crippen LogP contribution in [-0.4, -0.2) is 26.2 Å². The van der Waals surface area contributed by atoms with Crippen LogP contribution in [0.5, 0.6) is 0 Å². The molecule has 3 aromatic heterocycles. The Bertz CT molecular complexity index is 1120. The summed E-state index contributed by atoms with van der Waals surface area (Å²) in [5.41, 5.74) is 2.01. The molecule has 1 aliphatic rings. The summed E-state index contributed by atoms with van der Waals surface area (Å²) in [5.74, 6) is 0.0262. The number of aryl methyl sites for hydroxylation is 4. The topological polar surface area (TPSA) is 76.9 Å². The second-order valence-electron chi connectivity index (χ2n) is 6.64. The molecule has 0 aliphatic heterocycles. The lowest BCUT2D eigenvalue weighted by Crippen LogP contribution is -2.23. The van der Waals surface area contributed by atoms with Gasteiger partial charge in [-0.05, 0) is 38.7 Å². The number of nitrogens with one attached hydrogen (secondary N) is 1. The van der Waals surface area contributed by atoms with Crippen LogP contribution in [0.2, 0.25) is 0 Å². The number of hydrogen-bond donors (Lipinski definition) is 1. The van der Waals surface area contributed by atoms with Crippen molar-refractivity contribution in [3.05, 3.63) is 44.0 Å². The minimum atomic E-state index is -0.143. The quantitative estimate of drug-likeness (QED) is 0.363. The normalized spacial score (nSPS) is 13.1. The number of amides is 1. The number of anilines is 1. The second kappa shape index (κ2) is 7.81. The van der Waals surface area contributed by atoms with Gasteiger partial charge in [-0.3, -0.25) is 14.2 Å². The number of thiazole rings is 1. The van der Waals surface area contributed by atoms with Crippen molar-refractivity contribution in [2.24, 2.45) is 0 Å². The number of thioether (sulfide) groups is 1. The Morgan fingerprint density at radius 2 is 2.14 bits per heavy atom. The predicted octanol–water partition coefficient (Wildman–Crippen LogP) is 3.94. The molecule has 9 heteroatoms. The molecule has 0 atom stereocenters. The van der Waals surface area contributed by atoms with Crippen LogP contribution in [0.15, 0.2) is 22.6 Å². The SMILES string of the molecule is C=CCn1c(SCC(=O)Nc2nc3c(s2)CCC3)nc2sc(C)c(C)c2c1=O. The Hall–Kier alpha value is -1.97. The fourth-order valence-electron chi connectivity index (χ4n) is 3.24. The number of thiophene rings is 1. The van der Waals surface area contributed by atoms with Crippen molar-refractivity contribution in [1.82, 2.24) is 14.5 Å². The van der Waals surface area contributed by atoms with Crippen LogP contribution in [0.3, 0.4) is 0 Å². The van der Waals surface area contributed by atoms with E-state index in [1.807, 2.05) is 13.8 Å². The molecule has 0 saturated carbocycles. The van der Waals surface area contributed by atoms with Gasteiger partial charge in [0.2, 0.25) is 5.91 Å². The Labute approximate surface area is 174 Å². The maximum absolute atomic E-state index is 12.9. The zero-order valence-electron chi connectivity index (χ0n) is 15.7. The molecule has 6 nitrogen and oxygen atoms in total. The summed E-state index contributed by atoms with van der Waals surface area (Å²) < 4.78 is 1.59. The largest absolute Gasteiger partial charge is 0.301 e. The van der Waals surface area contributed by atoms with Crippen molar-refractivity contribution < 1.29 is 4.79 Å². The highest BCUT2D eigenvalue weighted by atomic mass is 32.2. The summed E-state index contributed by atoms with van der Waals surface area (Å²) in [6, 6.07) is 0. The minimum absolute atomic E-state index is 0.0778. The summed E-state index contributed by atoms with van der Waals surface area (Å²) in [6.45, 7) is 8.04. The number of aromatic nitrogens is 3. The minimum Gasteiger partial charge on any atom is -0.301 e. The number of hydrogen-bond acceptors (Lipinski definition) is 7. The maximum Gasteiger partial charge on any atom is 0.263 e. The van der Waals surface area contributed by atoms with E-state index in [0.29, 0.717) is 22.2 Å². The van der Waals surface area contributed by atoms with Crippen LogP contribution >= 0.6 is 34.4 Å². The van der Waals surface area contributed by atoms with Gasteiger partial charge in [-0.25, -0.2) is 9.97 Å². The van der Waals surface area contributed by atoms with Crippen molar-refractivity contribution in [2.45, 2.75) is 44.8 Å². The zero-order valence-corrected chi connectivity index (χ0v) is 18.2. The number of carbonyl (C=O) groups excluding carboxylic acids is 1. The van der Waals surface area contributed by atoms with Crippen molar-refractivity contribution in [3.8, 4) is 0 Å². The molecule has 28 heavy (non-hydrogen) atoms. The van der Waals surface area contributed by atoms with Crippen LogP contribution in [0.1, 0.15) is 27.4 Å². The van der Waals surface area contributed by atoms with Crippen LogP contribution in [-0.2, 0) is 24.2 Å². The van der Waals surface area contributed by atoms with Crippen LogP contribution in [0, 0.1) is 13.8 Å². The van der Waals surface area contributed by atoms with E-state index in [0.717, 1.165) is 40.2 Å². The molecular formula is C19H20N4O2S3. The van der Waals surface area contributed by atoms with Gasteiger partial charge in [0.15, 0.2) is 10.3 Å². The average molecular weight is 433 g/mol. The van der Waals surface area contributed by atoms with E-state index < -0.39 is 0 Å². The Balaban J connectivity index is 1.54. The van der Waals surface area contributed by atoms with Gasteiger partial charge in [0, 0.05) is 16.3 Å². The molecule has 4 rings (SSSR count). The monoisotopic (exact) mass is 432 g/mol. The highest BCUT2D eigenvalue weighted by Crippen LogP contribution is 2.31. The van der Waals surface area contributed by atoms with Gasteiger partial charge < -0.3 is 5.32 Å². The van der Waals surface area contributed by atoms with E-state index in [2.05, 4.69) is 21.9 Å². The third kappa shape index (κ3) is 3.54. The molecule has 0 fully saturated rings. The standard InChI is InChI=1S/C19H20N4O2S3/c1-4-8-23-17(25)15-10(2)11(3)27-16(15)22-19(23)26-9-14(24)21-18-20-12-6-5-7-13(12)28-18/h4H,1,5-9H2,2-3H3,(H,20,21,24). The summed E-state index contributed by atoms with van der Waals surface area (Å²) in [5, 5.41) is 4.73. The number of carbonyl (C=O) groups is 1. The first kappa shape index (κ1) is 19.4. The summed E-state index contributed by atoms with van der Waals surface area (Å²) in [4.78, 5) is 37.6. The lowest BCUT2D eigenvalue weighted by atomic mass is 10.2. The third-order valence-corrected chi connectivity index (χ3v) is 7.89. The molecule has 3 heterocycles. The van der Waals surface area contributed by atoms with Gasteiger partial charge in [0.05, 0.1) is 16.8 Å². The highest BCUT2D eigenvalue weighted by Gasteiger charge is 2.19. The van der Waals surface area contributed by atoms with Gasteiger partial charge in [0.25, 0.3) is 5.56 Å². The zero-order chi connectivity index (χ0) is 19.8. The first-order valence-electron chi connectivity index (χ1n) is 9.00. The summed E-state index contributed by atoms with van der Waals surface area (Å²) in [7, 11) is 0. The first-order valence-corrected chi connectivity index (χ1v) is 11.6. The molecule has 146 valence electrons. The first-order chi connectivity index (χ1) is 13.5. The lowest BCUT2D eigenvalue weighted by molar-refractivity contribution is -0.113. The van der Waals surface area contributed by atoms with E-state index in [1.54, 1.807) is 22.0 Å². The van der Waals surface area contributed by atoms with Gasteiger partial charge in [-0.15, -0.1) is 29.3 Å². The van der Waals surface area contributed by atoms with E-state index in [9.17, 15) is 9.59 Å². The van der Waals surface area contributed by atoms with Gasteiger partial charge in [-0.2, -0.15) is 0 Å². The van der Waals surface area contributed by atoms with Gasteiger partial charge >= 0.3 is 0 Å². The average Bonchev–Trinajstić information content (AvgIpc) is 3.30. The smallest absolute Gasteiger partial charge is 0.263 e. The number of allylic oxidation sites excluding steroid dienone is 1. The van der Waals surface area contributed by atoms with E-state index in [4.69, 9.17) is 0 Å². The van der Waals surface area contributed by atoms with Crippen molar-refractivity contribution in [3.63, 3.8) is 0 Å². The second-order valence-corrected chi connectivity index (χ2v) is 9.87. The molecule has 0 unspecified atom stereocenters. The van der Waals surface area contributed by atoms with Gasteiger partial charge in [-0.1, -0.05) is 17.8 Å². The number of fused-ring (bicyclic) bond motifs is 2. The molecule has 1 amide bonds. The van der Waals surface area contributed by atoms with Gasteiger partial charge in [0.1, 0.15) is 4.83 Å². The van der Waals surface area contributed by atoms with Crippen molar-refractivity contribution in [2.75, 3.05) is 11.1 Å². The highest BCUT2D eigenvalue weighted by molar-refractivity contribution is 7.99. The molecule has 1 N–H and O–H groups in total. The molecule has 0 spiro atoms. The molecule has 0 saturated heterocycles. The molecule has 0 radical (unpaired) electrons. The van der Waals surface area contributed by atoms with E-state index >= 15 is 0 Å². The predicted molar refractivity (Wildman–Crippen MR) is 117 cm³/mol. The summed E-state index contributed by atoms with van der Waals surface area (Å²) in [6.07, 6.45) is 4.86. The Kier molecular flexibility index (Phi) is 5.39. The molecular weight excluding hydrogens is 412 g/mol.